The lowest BCUT2D eigenvalue weighted by atomic mass is 10.6. The molecule has 2 rings (SSSR count). The van der Waals surface area contributed by atoms with Crippen LogP contribution in [0, 0.1) is 0 Å². The van der Waals surface area contributed by atoms with E-state index >= 15 is 0 Å². The van der Waals surface area contributed by atoms with Gasteiger partial charge in [-0.2, -0.15) is 5.10 Å². The Hall–Kier alpha value is -2.27. The molecule has 0 unspecified atom stereocenters. The maximum Gasteiger partial charge on any atom is 0.325 e. The van der Waals surface area contributed by atoms with E-state index in [-0.39, 0.29) is 11.4 Å². The molecule has 2 heterocycles. The molecule has 0 fully saturated rings. The van der Waals surface area contributed by atoms with E-state index in [0.29, 0.717) is 6.54 Å². The third-order valence-electron chi connectivity index (χ3n) is 2.32. The summed E-state index contributed by atoms with van der Waals surface area (Å²) in [4.78, 5) is 10.4. The van der Waals surface area contributed by atoms with E-state index in [9.17, 15) is 13.2 Å². The number of sulfonamides is 1. The fourth-order valence-corrected chi connectivity index (χ4v) is 2.41. The molecule has 0 aliphatic rings. The molecule has 2 N–H and O–H groups in total. The van der Waals surface area contributed by atoms with Gasteiger partial charge in [0.25, 0.3) is 0 Å². The summed E-state index contributed by atoms with van der Waals surface area (Å²) in [7, 11) is -3.72. The number of nitrogens with zero attached hydrogens (tertiary/aromatic N) is 5. The molecule has 0 amide bonds. The lowest BCUT2D eigenvalue weighted by molar-refractivity contribution is -0.137. The lowest BCUT2D eigenvalue weighted by Crippen LogP contribution is -2.27. The van der Waals surface area contributed by atoms with Gasteiger partial charge in [0, 0.05) is 18.9 Å². The molecule has 10 nitrogen and oxygen atoms in total. The molecule has 0 bridgehead atoms. The van der Waals surface area contributed by atoms with E-state index < -0.39 is 22.5 Å². The van der Waals surface area contributed by atoms with Gasteiger partial charge in [0.2, 0.25) is 10.0 Å². The van der Waals surface area contributed by atoms with Crippen LogP contribution in [0.25, 0.3) is 0 Å². The molecule has 20 heavy (non-hydrogen) atoms. The zero-order chi connectivity index (χ0) is 14.6. The first-order valence-electron chi connectivity index (χ1n) is 5.55. The molecule has 0 aromatic carbocycles. The van der Waals surface area contributed by atoms with Crippen molar-refractivity contribution in [3.05, 3.63) is 24.8 Å². The molecule has 11 heteroatoms. The topological polar surface area (TPSA) is 132 Å². The maximum absolute atomic E-state index is 11.9. The molecule has 0 saturated carbocycles. The van der Waals surface area contributed by atoms with Crippen LogP contribution >= 0.6 is 0 Å². The number of carbonyl (C=O) groups is 1. The molecule has 2 aromatic heterocycles. The minimum Gasteiger partial charge on any atom is -0.480 e. The number of aromatic nitrogens is 5. The summed E-state index contributed by atoms with van der Waals surface area (Å²) >= 11 is 0. The van der Waals surface area contributed by atoms with Crippen molar-refractivity contribution in [3.63, 3.8) is 0 Å². The van der Waals surface area contributed by atoms with Crippen molar-refractivity contribution in [1.29, 1.82) is 0 Å². The molecular weight excluding hydrogens is 288 g/mol. The van der Waals surface area contributed by atoms with Gasteiger partial charge >= 0.3 is 5.97 Å². The summed E-state index contributed by atoms with van der Waals surface area (Å²) in [5, 5.41) is 19.5. The largest absolute Gasteiger partial charge is 0.480 e. The Morgan fingerprint density at radius 1 is 1.40 bits per heavy atom. The smallest absolute Gasteiger partial charge is 0.325 e. The first kappa shape index (κ1) is 14.1. The highest BCUT2D eigenvalue weighted by Gasteiger charge is 2.16. The van der Waals surface area contributed by atoms with Crippen LogP contribution < -0.4 is 4.72 Å². The molecule has 0 saturated heterocycles. The summed E-state index contributed by atoms with van der Waals surface area (Å²) in [6, 6.07) is 0. The Labute approximate surface area is 114 Å². The monoisotopic (exact) mass is 300 g/mol. The van der Waals surface area contributed by atoms with Crippen molar-refractivity contribution in [3.8, 4) is 0 Å². The van der Waals surface area contributed by atoms with Gasteiger partial charge in [0.05, 0.1) is 18.9 Å². The van der Waals surface area contributed by atoms with Crippen molar-refractivity contribution in [2.75, 3.05) is 6.54 Å². The number of carboxylic acid groups (broad SMARTS) is 1. The summed E-state index contributed by atoms with van der Waals surface area (Å²) in [6.45, 7) is 0.0762. The van der Waals surface area contributed by atoms with E-state index in [4.69, 9.17) is 5.11 Å². The second-order valence-corrected chi connectivity index (χ2v) is 5.60. The molecule has 0 aliphatic carbocycles. The van der Waals surface area contributed by atoms with Gasteiger partial charge in [-0.25, -0.2) is 13.1 Å². The van der Waals surface area contributed by atoms with E-state index in [1.165, 1.54) is 10.9 Å². The van der Waals surface area contributed by atoms with Crippen LogP contribution in [0.1, 0.15) is 0 Å². The number of hydrogen-bond donors (Lipinski definition) is 2. The first-order chi connectivity index (χ1) is 9.47. The lowest BCUT2D eigenvalue weighted by Gasteiger charge is -2.04. The van der Waals surface area contributed by atoms with Crippen LogP contribution in [-0.2, 0) is 27.9 Å². The van der Waals surface area contributed by atoms with E-state index in [0.717, 1.165) is 17.1 Å². The first-order valence-corrected chi connectivity index (χ1v) is 7.04. The number of carboxylic acids is 1. The Bertz CT molecular complexity index is 677. The van der Waals surface area contributed by atoms with Crippen molar-refractivity contribution in [1.82, 2.24) is 29.5 Å². The van der Waals surface area contributed by atoms with E-state index in [1.54, 1.807) is 6.20 Å². The van der Waals surface area contributed by atoms with Gasteiger partial charge in [0.1, 0.15) is 11.4 Å². The minimum atomic E-state index is -3.72. The van der Waals surface area contributed by atoms with Crippen molar-refractivity contribution in [2.45, 2.75) is 18.0 Å². The molecule has 0 spiro atoms. The fourth-order valence-electron chi connectivity index (χ4n) is 1.44. The van der Waals surface area contributed by atoms with Crippen LogP contribution in [0.15, 0.2) is 29.7 Å². The number of aliphatic carboxylic acids is 1. The van der Waals surface area contributed by atoms with Gasteiger partial charge < -0.3 is 5.11 Å². The van der Waals surface area contributed by atoms with Crippen LogP contribution in [0.2, 0.25) is 0 Å². The summed E-state index contributed by atoms with van der Waals surface area (Å²) in [5.74, 6) is -1.10. The highest BCUT2D eigenvalue weighted by molar-refractivity contribution is 7.89. The molecule has 2 aromatic rings. The summed E-state index contributed by atoms with van der Waals surface area (Å²) in [5.41, 5.74) is 0. The molecule has 0 aliphatic heterocycles. The predicted molar refractivity (Wildman–Crippen MR) is 65.1 cm³/mol. The third-order valence-corrected chi connectivity index (χ3v) is 3.74. The van der Waals surface area contributed by atoms with Crippen molar-refractivity contribution < 1.29 is 18.3 Å². The van der Waals surface area contributed by atoms with Gasteiger partial charge in [0.15, 0.2) is 0 Å². The molecule has 0 radical (unpaired) electrons. The zero-order valence-corrected chi connectivity index (χ0v) is 11.1. The fraction of sp³-hybridized carbons (Fsp3) is 0.333. The maximum atomic E-state index is 11.9. The molecule has 0 atom stereocenters. The Balaban J connectivity index is 1.95. The average Bonchev–Trinajstić information content (AvgIpc) is 2.99. The SMILES string of the molecule is O=C(O)Cn1cc(S(=O)(=O)NCCn2ccnn2)cn1. The predicted octanol–water partition coefficient (Wildman–Crippen LogP) is -1.46. The van der Waals surface area contributed by atoms with Crippen LogP contribution in [0.5, 0.6) is 0 Å². The van der Waals surface area contributed by atoms with Crippen LogP contribution in [0.4, 0.5) is 0 Å². The van der Waals surface area contributed by atoms with Crippen molar-refractivity contribution in [2.24, 2.45) is 0 Å². The summed E-state index contributed by atoms with van der Waals surface area (Å²) in [6.07, 6.45) is 5.36. The van der Waals surface area contributed by atoms with E-state index in [2.05, 4.69) is 20.1 Å². The normalized spacial score (nSPS) is 11.6. The highest BCUT2D eigenvalue weighted by Crippen LogP contribution is 2.06. The van der Waals surface area contributed by atoms with E-state index in [1.807, 2.05) is 0 Å². The molecule has 108 valence electrons. The Kier molecular flexibility index (Phi) is 4.10. The Morgan fingerprint density at radius 3 is 2.85 bits per heavy atom. The van der Waals surface area contributed by atoms with Gasteiger partial charge in [-0.3, -0.25) is 14.2 Å². The Morgan fingerprint density at radius 2 is 2.20 bits per heavy atom. The van der Waals surface area contributed by atoms with Crippen LogP contribution in [0.3, 0.4) is 0 Å². The van der Waals surface area contributed by atoms with Gasteiger partial charge in [-0.1, -0.05) is 5.21 Å². The second kappa shape index (κ2) is 5.79. The highest BCUT2D eigenvalue weighted by atomic mass is 32.2. The third kappa shape index (κ3) is 3.61. The zero-order valence-electron chi connectivity index (χ0n) is 10.2. The second-order valence-electron chi connectivity index (χ2n) is 3.83. The van der Waals surface area contributed by atoms with Gasteiger partial charge in [-0.05, 0) is 0 Å². The van der Waals surface area contributed by atoms with Crippen molar-refractivity contribution >= 4 is 16.0 Å². The number of hydrogen-bond acceptors (Lipinski definition) is 6. The summed E-state index contributed by atoms with van der Waals surface area (Å²) < 4.78 is 28.7. The van der Waals surface area contributed by atoms with Gasteiger partial charge in [-0.15, -0.1) is 5.10 Å². The average molecular weight is 300 g/mol. The quantitative estimate of drug-likeness (QED) is 0.638. The number of rotatable bonds is 7. The standard InChI is InChI=1S/C9H12N6O4S/c16-9(17)7-15-6-8(5-11-15)20(18,19)12-2-4-14-3-1-10-13-14/h1,3,5-6,12H,2,4,7H2,(H,16,17). The minimum absolute atomic E-state index is 0.0858. The van der Waals surface area contributed by atoms with Crippen LogP contribution in [-0.4, -0.2) is 50.8 Å². The number of nitrogens with one attached hydrogen (secondary N) is 1. The molecular formula is C9H12N6O4S.